The number of hydrogen-bond donors (Lipinski definition) is 1. The van der Waals surface area contributed by atoms with Crippen molar-refractivity contribution in [2.24, 2.45) is 5.92 Å². The van der Waals surface area contributed by atoms with Gasteiger partial charge in [-0.05, 0) is 37.5 Å². The number of benzene rings is 1. The van der Waals surface area contributed by atoms with Gasteiger partial charge in [0.25, 0.3) is 0 Å². The second kappa shape index (κ2) is 7.66. The first kappa shape index (κ1) is 19.3. The molecule has 1 N–H and O–H groups in total. The zero-order valence-corrected chi connectivity index (χ0v) is 15.7. The number of amides is 2. The van der Waals surface area contributed by atoms with Gasteiger partial charge in [-0.2, -0.15) is 0 Å². The second-order valence-electron chi connectivity index (χ2n) is 7.48. The van der Waals surface area contributed by atoms with Crippen molar-refractivity contribution in [1.82, 2.24) is 5.32 Å². The Bertz CT molecular complexity index is 758. The summed E-state index contributed by atoms with van der Waals surface area (Å²) in [4.78, 5) is 38.8. The Hall–Kier alpha value is -2.44. The number of halogens is 1. The highest BCUT2D eigenvalue weighted by molar-refractivity contribution is 6.01. The van der Waals surface area contributed by atoms with Crippen molar-refractivity contribution >= 4 is 23.5 Å². The van der Waals surface area contributed by atoms with Gasteiger partial charge in [0.15, 0.2) is 0 Å². The van der Waals surface area contributed by atoms with Crippen LogP contribution in [0.4, 0.5) is 10.1 Å². The van der Waals surface area contributed by atoms with Crippen LogP contribution in [0, 0.1) is 18.7 Å². The maximum atomic E-state index is 14.2. The molecule has 27 heavy (non-hydrogen) atoms. The molecule has 1 aliphatic carbocycles. The summed E-state index contributed by atoms with van der Waals surface area (Å²) in [6.07, 6.45) is 3.73. The number of carbonyl (C=O) groups is 3. The number of nitrogens with zero attached hydrogens (tertiary/aromatic N) is 1. The van der Waals surface area contributed by atoms with E-state index in [1.165, 1.54) is 18.1 Å². The van der Waals surface area contributed by atoms with Crippen molar-refractivity contribution in [2.45, 2.75) is 51.0 Å². The Balaban J connectivity index is 1.74. The number of hydrogen-bond acceptors (Lipinski definition) is 4. The molecule has 0 radical (unpaired) electrons. The first-order valence-electron chi connectivity index (χ1n) is 9.33. The Morgan fingerprint density at radius 2 is 1.96 bits per heavy atom. The number of anilines is 1. The third-order valence-corrected chi connectivity index (χ3v) is 5.54. The van der Waals surface area contributed by atoms with Crippen molar-refractivity contribution < 1.29 is 23.5 Å². The van der Waals surface area contributed by atoms with Gasteiger partial charge < -0.3 is 15.0 Å². The fourth-order valence-corrected chi connectivity index (χ4v) is 4.02. The third-order valence-electron chi connectivity index (χ3n) is 5.54. The van der Waals surface area contributed by atoms with Gasteiger partial charge in [0.05, 0.1) is 18.7 Å². The normalized spacial score (nSPS) is 21.8. The van der Waals surface area contributed by atoms with E-state index in [9.17, 15) is 18.8 Å². The maximum Gasteiger partial charge on any atom is 0.331 e. The van der Waals surface area contributed by atoms with Gasteiger partial charge in [0.2, 0.25) is 11.8 Å². The lowest BCUT2D eigenvalue weighted by atomic mass is 9.81. The lowest BCUT2D eigenvalue weighted by Gasteiger charge is -2.35. The highest BCUT2D eigenvalue weighted by Gasteiger charge is 2.45. The zero-order chi connectivity index (χ0) is 19.6. The molecule has 6 nitrogen and oxygen atoms in total. The van der Waals surface area contributed by atoms with Crippen molar-refractivity contribution in [1.29, 1.82) is 0 Å². The third kappa shape index (κ3) is 3.82. The van der Waals surface area contributed by atoms with E-state index in [1.54, 1.807) is 19.1 Å². The molecule has 2 amide bonds. The van der Waals surface area contributed by atoms with E-state index in [0.717, 1.165) is 24.8 Å². The van der Waals surface area contributed by atoms with E-state index in [-0.39, 0.29) is 30.5 Å². The van der Waals surface area contributed by atoms with Gasteiger partial charge >= 0.3 is 5.97 Å². The zero-order valence-electron chi connectivity index (χ0n) is 15.7. The summed E-state index contributed by atoms with van der Waals surface area (Å²) in [6.45, 7) is 1.87. The molecule has 1 heterocycles. The molecule has 1 aliphatic heterocycles. The van der Waals surface area contributed by atoms with E-state index in [0.29, 0.717) is 12.8 Å². The Kier molecular flexibility index (Phi) is 5.48. The number of aryl methyl sites for hydroxylation is 1. The Labute approximate surface area is 158 Å². The Morgan fingerprint density at radius 1 is 1.26 bits per heavy atom. The smallest absolute Gasteiger partial charge is 0.331 e. The second-order valence-corrected chi connectivity index (χ2v) is 7.48. The van der Waals surface area contributed by atoms with E-state index < -0.39 is 23.2 Å². The fraction of sp³-hybridized carbons (Fsp3) is 0.550. The summed E-state index contributed by atoms with van der Waals surface area (Å²) in [7, 11) is 1.31. The van der Waals surface area contributed by atoms with Crippen LogP contribution in [0.3, 0.4) is 0 Å². The van der Waals surface area contributed by atoms with Gasteiger partial charge in [0.1, 0.15) is 11.4 Å². The molecule has 7 heteroatoms. The summed E-state index contributed by atoms with van der Waals surface area (Å²) < 4.78 is 19.1. The molecule has 1 aromatic carbocycles. The predicted molar refractivity (Wildman–Crippen MR) is 97.6 cm³/mol. The van der Waals surface area contributed by atoms with Gasteiger partial charge in [-0.25, -0.2) is 9.18 Å². The average molecular weight is 376 g/mol. The molecule has 2 aliphatic rings. The lowest BCUT2D eigenvalue weighted by molar-refractivity contribution is -0.153. The highest BCUT2D eigenvalue weighted by Crippen LogP contribution is 2.32. The van der Waals surface area contributed by atoms with Crippen LogP contribution in [0.1, 0.15) is 44.1 Å². The van der Waals surface area contributed by atoms with Gasteiger partial charge in [-0.15, -0.1) is 0 Å². The molecule has 1 unspecified atom stereocenters. The van der Waals surface area contributed by atoms with Crippen LogP contribution in [0.5, 0.6) is 0 Å². The van der Waals surface area contributed by atoms with Crippen molar-refractivity contribution in [3.8, 4) is 0 Å². The van der Waals surface area contributed by atoms with Crippen LogP contribution in [0.2, 0.25) is 0 Å². The minimum atomic E-state index is -1.02. The largest absolute Gasteiger partial charge is 0.467 e. The van der Waals surface area contributed by atoms with E-state index >= 15 is 0 Å². The van der Waals surface area contributed by atoms with Crippen molar-refractivity contribution in [3.63, 3.8) is 0 Å². The fourth-order valence-electron chi connectivity index (χ4n) is 4.02. The average Bonchev–Trinajstić information content (AvgIpc) is 3.03. The van der Waals surface area contributed by atoms with Crippen LogP contribution in [0.25, 0.3) is 0 Å². The van der Waals surface area contributed by atoms with E-state index in [4.69, 9.17) is 4.74 Å². The molecule has 2 fully saturated rings. The standard InChI is InChI=1S/C20H25FN2O4/c1-13-6-7-16(15(21)10-13)23-12-14(11-17(23)24)18(25)22-20(19(26)27-2)8-4-3-5-9-20/h6-7,10,14H,3-5,8-9,11-12H2,1-2H3,(H,22,25). The summed E-state index contributed by atoms with van der Waals surface area (Å²) in [5, 5.41) is 2.86. The molecular formula is C20H25FN2O4. The number of nitrogens with one attached hydrogen (secondary N) is 1. The maximum absolute atomic E-state index is 14.2. The van der Waals surface area contributed by atoms with Crippen LogP contribution >= 0.6 is 0 Å². The number of rotatable bonds is 4. The van der Waals surface area contributed by atoms with Crippen LogP contribution in [-0.4, -0.2) is 37.0 Å². The van der Waals surface area contributed by atoms with Crippen molar-refractivity contribution in [2.75, 3.05) is 18.6 Å². The SMILES string of the molecule is COC(=O)C1(NC(=O)C2CC(=O)N(c3ccc(C)cc3F)C2)CCCCC1. The first-order valence-corrected chi connectivity index (χ1v) is 9.33. The van der Waals surface area contributed by atoms with E-state index in [2.05, 4.69) is 5.32 Å². The molecule has 146 valence electrons. The summed E-state index contributed by atoms with van der Waals surface area (Å²) in [5.41, 5.74) is -0.0777. The molecule has 3 rings (SSSR count). The first-order chi connectivity index (χ1) is 12.9. The topological polar surface area (TPSA) is 75.7 Å². The van der Waals surface area contributed by atoms with Crippen molar-refractivity contribution in [3.05, 3.63) is 29.6 Å². The predicted octanol–water partition coefficient (Wildman–Crippen LogP) is 2.48. The lowest BCUT2D eigenvalue weighted by Crippen LogP contribution is -2.57. The summed E-state index contributed by atoms with van der Waals surface area (Å²) in [6, 6.07) is 4.65. The monoisotopic (exact) mass is 376 g/mol. The molecular weight excluding hydrogens is 351 g/mol. The summed E-state index contributed by atoms with van der Waals surface area (Å²) >= 11 is 0. The molecule has 1 saturated heterocycles. The molecule has 0 spiro atoms. The van der Waals surface area contributed by atoms with Gasteiger partial charge in [0, 0.05) is 13.0 Å². The quantitative estimate of drug-likeness (QED) is 0.819. The van der Waals surface area contributed by atoms with Gasteiger partial charge in [-0.3, -0.25) is 9.59 Å². The minimum Gasteiger partial charge on any atom is -0.467 e. The number of carbonyl (C=O) groups excluding carboxylic acids is 3. The molecule has 1 saturated carbocycles. The number of esters is 1. The highest BCUT2D eigenvalue weighted by atomic mass is 19.1. The minimum absolute atomic E-state index is 0.00357. The molecule has 0 bridgehead atoms. The molecule has 0 aromatic heterocycles. The van der Waals surface area contributed by atoms with E-state index in [1.807, 2.05) is 0 Å². The Morgan fingerprint density at radius 3 is 2.59 bits per heavy atom. The van der Waals surface area contributed by atoms with Crippen LogP contribution in [-0.2, 0) is 19.1 Å². The molecule has 1 aromatic rings. The summed E-state index contributed by atoms with van der Waals surface area (Å²) in [5.74, 6) is -2.20. The van der Waals surface area contributed by atoms with Crippen LogP contribution in [0.15, 0.2) is 18.2 Å². The molecule has 1 atom stereocenters. The number of ether oxygens (including phenoxy) is 1. The number of methoxy groups -OCH3 is 1. The van der Waals surface area contributed by atoms with Crippen LogP contribution < -0.4 is 10.2 Å². The van der Waals surface area contributed by atoms with Gasteiger partial charge in [-0.1, -0.05) is 25.3 Å².